The normalized spacial score (nSPS) is 16.6. The zero-order valence-electron chi connectivity index (χ0n) is 11.7. The van der Waals surface area contributed by atoms with Crippen LogP contribution in [0, 0.1) is 5.92 Å². The molecule has 1 fully saturated rings. The molecule has 0 bridgehead atoms. The molecule has 7 heteroatoms. The van der Waals surface area contributed by atoms with Crippen LogP contribution in [0.25, 0.3) is 0 Å². The lowest BCUT2D eigenvalue weighted by atomic mass is 9.98. The van der Waals surface area contributed by atoms with Gasteiger partial charge in [-0.3, -0.25) is 4.79 Å². The van der Waals surface area contributed by atoms with Gasteiger partial charge in [0, 0.05) is 12.1 Å². The highest BCUT2D eigenvalue weighted by Gasteiger charge is 2.17. The quantitative estimate of drug-likeness (QED) is 0.864. The van der Waals surface area contributed by atoms with E-state index in [9.17, 15) is 13.2 Å². The molecular weight excluding hydrogens is 308 g/mol. The highest BCUT2D eigenvalue weighted by molar-refractivity contribution is 7.99. The second kappa shape index (κ2) is 7.29. The summed E-state index contributed by atoms with van der Waals surface area (Å²) in [6, 6.07) is 6.73. The molecule has 3 N–H and O–H groups in total. The molecule has 1 aromatic rings. The first-order chi connectivity index (χ1) is 9.92. The number of primary sulfonamides is 1. The van der Waals surface area contributed by atoms with Crippen LogP contribution >= 0.6 is 11.8 Å². The standard InChI is InChI=1S/C14H20N2O3S2/c15-21(18,19)10-12-1-3-13(4-2-12)16-14(17)9-11-5-7-20-8-6-11/h1-4,11H,5-10H2,(H,16,17)(H2,15,18,19). The van der Waals surface area contributed by atoms with Crippen molar-refractivity contribution in [3.63, 3.8) is 0 Å². The van der Waals surface area contributed by atoms with Gasteiger partial charge in [-0.1, -0.05) is 12.1 Å². The number of hydrogen-bond donors (Lipinski definition) is 2. The Bertz CT molecular complexity index is 579. The molecule has 1 aromatic carbocycles. The number of rotatable bonds is 5. The van der Waals surface area contributed by atoms with Crippen LogP contribution in [0.15, 0.2) is 24.3 Å². The third-order valence-electron chi connectivity index (χ3n) is 3.42. The SMILES string of the molecule is NS(=O)(=O)Cc1ccc(NC(=O)CC2CCSCC2)cc1. The molecule has 0 saturated carbocycles. The Morgan fingerprint density at radius 2 is 1.86 bits per heavy atom. The number of thioether (sulfide) groups is 1. The molecule has 0 unspecified atom stereocenters. The zero-order valence-corrected chi connectivity index (χ0v) is 13.4. The van der Waals surface area contributed by atoms with Crippen LogP contribution in [0.3, 0.4) is 0 Å². The molecule has 2 rings (SSSR count). The Balaban J connectivity index is 1.86. The molecule has 1 heterocycles. The molecule has 116 valence electrons. The molecule has 21 heavy (non-hydrogen) atoms. The smallest absolute Gasteiger partial charge is 0.224 e. The molecule has 1 amide bonds. The van der Waals surface area contributed by atoms with Crippen molar-refractivity contribution in [3.05, 3.63) is 29.8 Å². The van der Waals surface area contributed by atoms with Crippen molar-refractivity contribution in [3.8, 4) is 0 Å². The minimum absolute atomic E-state index is 0.0195. The lowest BCUT2D eigenvalue weighted by Crippen LogP contribution is -2.19. The lowest BCUT2D eigenvalue weighted by molar-refractivity contribution is -0.117. The van der Waals surface area contributed by atoms with Crippen molar-refractivity contribution < 1.29 is 13.2 Å². The van der Waals surface area contributed by atoms with E-state index < -0.39 is 10.0 Å². The van der Waals surface area contributed by atoms with Crippen molar-refractivity contribution in [1.82, 2.24) is 0 Å². The number of carbonyl (C=O) groups excluding carboxylic acids is 1. The van der Waals surface area contributed by atoms with E-state index in [4.69, 9.17) is 5.14 Å². The van der Waals surface area contributed by atoms with Gasteiger partial charge < -0.3 is 5.32 Å². The van der Waals surface area contributed by atoms with E-state index >= 15 is 0 Å². The molecule has 0 aromatic heterocycles. The fourth-order valence-corrected chi connectivity index (χ4v) is 4.20. The summed E-state index contributed by atoms with van der Waals surface area (Å²) in [4.78, 5) is 12.0. The molecule has 1 aliphatic rings. The largest absolute Gasteiger partial charge is 0.326 e. The fraction of sp³-hybridized carbons (Fsp3) is 0.500. The van der Waals surface area contributed by atoms with Crippen molar-refractivity contribution in [1.29, 1.82) is 0 Å². The molecule has 0 radical (unpaired) electrons. The minimum Gasteiger partial charge on any atom is -0.326 e. The van der Waals surface area contributed by atoms with Gasteiger partial charge >= 0.3 is 0 Å². The average Bonchev–Trinajstić information content (AvgIpc) is 2.40. The summed E-state index contributed by atoms with van der Waals surface area (Å²) in [6.45, 7) is 0. The van der Waals surface area contributed by atoms with Crippen LogP contribution in [0.4, 0.5) is 5.69 Å². The summed E-state index contributed by atoms with van der Waals surface area (Å²) in [5, 5.41) is 7.84. The van der Waals surface area contributed by atoms with Crippen LogP contribution < -0.4 is 10.5 Å². The molecular formula is C14H20N2O3S2. The molecule has 1 saturated heterocycles. The second-order valence-electron chi connectivity index (χ2n) is 5.31. The Morgan fingerprint density at radius 1 is 1.24 bits per heavy atom. The van der Waals surface area contributed by atoms with Crippen molar-refractivity contribution in [2.24, 2.45) is 11.1 Å². The van der Waals surface area contributed by atoms with E-state index in [1.165, 1.54) is 0 Å². The van der Waals surface area contributed by atoms with Gasteiger partial charge in [-0.15, -0.1) is 0 Å². The Kier molecular flexibility index (Phi) is 5.66. The number of amides is 1. The first-order valence-electron chi connectivity index (χ1n) is 6.89. The summed E-state index contributed by atoms with van der Waals surface area (Å²) in [7, 11) is -3.52. The second-order valence-corrected chi connectivity index (χ2v) is 8.15. The fourth-order valence-electron chi connectivity index (χ4n) is 2.34. The highest BCUT2D eigenvalue weighted by atomic mass is 32.2. The lowest BCUT2D eigenvalue weighted by Gasteiger charge is -2.20. The van der Waals surface area contributed by atoms with Gasteiger partial charge in [-0.2, -0.15) is 11.8 Å². The van der Waals surface area contributed by atoms with Gasteiger partial charge in [0.2, 0.25) is 15.9 Å². The molecule has 0 spiro atoms. The highest BCUT2D eigenvalue weighted by Crippen LogP contribution is 2.25. The van der Waals surface area contributed by atoms with Crippen molar-refractivity contribution >= 4 is 33.4 Å². The Hall–Kier alpha value is -1.05. The van der Waals surface area contributed by atoms with Gasteiger partial charge in [-0.05, 0) is 48.0 Å². The number of sulfonamides is 1. The van der Waals surface area contributed by atoms with Gasteiger partial charge in [0.15, 0.2) is 0 Å². The van der Waals surface area contributed by atoms with E-state index in [2.05, 4.69) is 5.32 Å². The van der Waals surface area contributed by atoms with E-state index in [-0.39, 0.29) is 11.7 Å². The third kappa shape index (κ3) is 6.07. The third-order valence-corrected chi connectivity index (χ3v) is 5.20. The topological polar surface area (TPSA) is 89.3 Å². The summed E-state index contributed by atoms with van der Waals surface area (Å²) < 4.78 is 22.0. The van der Waals surface area contributed by atoms with Gasteiger partial charge in [-0.25, -0.2) is 13.6 Å². The number of hydrogen-bond acceptors (Lipinski definition) is 4. The van der Waals surface area contributed by atoms with Crippen LogP contribution in [-0.2, 0) is 20.6 Å². The molecule has 0 atom stereocenters. The monoisotopic (exact) mass is 328 g/mol. The maximum Gasteiger partial charge on any atom is 0.224 e. The predicted molar refractivity (Wildman–Crippen MR) is 86.5 cm³/mol. The van der Waals surface area contributed by atoms with E-state index in [0.717, 1.165) is 24.3 Å². The average molecular weight is 328 g/mol. The summed E-state index contributed by atoms with van der Waals surface area (Å²) in [6.07, 6.45) is 2.76. The van der Waals surface area contributed by atoms with Crippen LogP contribution in [-0.4, -0.2) is 25.8 Å². The van der Waals surface area contributed by atoms with Gasteiger partial charge in [0.25, 0.3) is 0 Å². The van der Waals surface area contributed by atoms with Crippen LogP contribution in [0.2, 0.25) is 0 Å². The summed E-state index contributed by atoms with van der Waals surface area (Å²) >= 11 is 1.94. The van der Waals surface area contributed by atoms with Crippen LogP contribution in [0.5, 0.6) is 0 Å². The van der Waals surface area contributed by atoms with E-state index in [1.807, 2.05) is 11.8 Å². The number of carbonyl (C=O) groups is 1. The molecule has 0 aliphatic carbocycles. The first kappa shape index (κ1) is 16.3. The molecule has 5 nitrogen and oxygen atoms in total. The van der Waals surface area contributed by atoms with Gasteiger partial charge in [0.05, 0.1) is 5.75 Å². The Labute approximate surface area is 129 Å². The van der Waals surface area contributed by atoms with E-state index in [1.54, 1.807) is 24.3 Å². The number of nitrogens with two attached hydrogens (primary N) is 1. The first-order valence-corrected chi connectivity index (χ1v) is 9.76. The Morgan fingerprint density at radius 3 is 2.43 bits per heavy atom. The van der Waals surface area contributed by atoms with Crippen LogP contribution in [0.1, 0.15) is 24.8 Å². The van der Waals surface area contributed by atoms with Crippen molar-refractivity contribution in [2.75, 3.05) is 16.8 Å². The molecule has 1 aliphatic heterocycles. The predicted octanol–water partition coefficient (Wildman–Crippen LogP) is 1.95. The zero-order chi connectivity index (χ0) is 15.3. The number of anilines is 1. The van der Waals surface area contributed by atoms with Gasteiger partial charge in [0.1, 0.15) is 0 Å². The number of benzene rings is 1. The van der Waals surface area contributed by atoms with Crippen molar-refractivity contribution in [2.45, 2.75) is 25.0 Å². The van der Waals surface area contributed by atoms with E-state index in [0.29, 0.717) is 23.6 Å². The minimum atomic E-state index is -3.52. The summed E-state index contributed by atoms with van der Waals surface area (Å²) in [5.41, 5.74) is 1.29. The summed E-state index contributed by atoms with van der Waals surface area (Å²) in [5.74, 6) is 2.58. The maximum atomic E-state index is 12.0. The number of nitrogens with one attached hydrogen (secondary N) is 1. The maximum absolute atomic E-state index is 12.0.